The Kier molecular flexibility index (Phi) is 4.68. The fourth-order valence-electron chi connectivity index (χ4n) is 3.71. The van der Waals surface area contributed by atoms with Gasteiger partial charge >= 0.3 is 5.69 Å². The van der Waals surface area contributed by atoms with E-state index in [1.165, 1.54) is 16.7 Å². The van der Waals surface area contributed by atoms with Gasteiger partial charge in [0.05, 0.1) is 12.2 Å². The molecule has 4 rings (SSSR count). The maximum Gasteiger partial charge on any atom is 0.332 e. The van der Waals surface area contributed by atoms with Gasteiger partial charge in [0.1, 0.15) is 5.82 Å². The molecule has 156 valence electrons. The zero-order valence-corrected chi connectivity index (χ0v) is 17.5. The highest BCUT2D eigenvalue weighted by Crippen LogP contribution is 2.21. The number of hydrogen-bond acceptors (Lipinski definition) is 4. The Morgan fingerprint density at radius 3 is 2.33 bits per heavy atom. The van der Waals surface area contributed by atoms with Crippen molar-refractivity contribution in [1.29, 1.82) is 0 Å². The second kappa shape index (κ2) is 7.08. The summed E-state index contributed by atoms with van der Waals surface area (Å²) in [4.78, 5) is 31.0. The molecular weight excluding hydrogens is 387 g/mol. The second-order valence-corrected chi connectivity index (χ2v) is 7.75. The highest BCUT2D eigenvalue weighted by atomic mass is 19.1. The molecule has 8 nitrogen and oxygen atoms in total. The minimum Gasteiger partial charge on any atom is -0.300 e. The van der Waals surface area contributed by atoms with Crippen molar-refractivity contribution in [3.05, 3.63) is 73.9 Å². The van der Waals surface area contributed by atoms with E-state index < -0.39 is 11.2 Å². The Morgan fingerprint density at radius 1 is 1.10 bits per heavy atom. The molecule has 1 aromatic carbocycles. The summed E-state index contributed by atoms with van der Waals surface area (Å²) >= 11 is 0. The van der Waals surface area contributed by atoms with Gasteiger partial charge in [-0.25, -0.2) is 13.9 Å². The van der Waals surface area contributed by atoms with Crippen molar-refractivity contribution in [3.63, 3.8) is 0 Å². The molecule has 0 atom stereocenters. The fraction of sp³-hybridized carbons (Fsp3) is 0.333. The average molecular weight is 410 g/mol. The van der Waals surface area contributed by atoms with Crippen LogP contribution in [0.2, 0.25) is 0 Å². The average Bonchev–Trinajstić information content (AvgIpc) is 3.25. The van der Waals surface area contributed by atoms with Gasteiger partial charge in [0, 0.05) is 18.8 Å². The standard InChI is InChI=1S/C21H23FN6O2/c1-12(2)27-17-18(23-20(27)28-14(4)10-13(3)24-28)25(5)21(30)26(19(17)29)11-15-6-8-16(22)9-7-15/h6-10,12H,11H2,1-5H3. The zero-order valence-electron chi connectivity index (χ0n) is 17.5. The molecule has 0 bridgehead atoms. The van der Waals surface area contributed by atoms with Crippen molar-refractivity contribution in [2.45, 2.75) is 40.3 Å². The molecule has 3 heterocycles. The van der Waals surface area contributed by atoms with E-state index in [1.807, 2.05) is 33.8 Å². The summed E-state index contributed by atoms with van der Waals surface area (Å²) in [5, 5.41) is 4.50. The predicted octanol–water partition coefficient (Wildman–Crippen LogP) is 2.47. The lowest BCUT2D eigenvalue weighted by molar-refractivity contribution is 0.577. The van der Waals surface area contributed by atoms with Crippen molar-refractivity contribution in [1.82, 2.24) is 28.5 Å². The lowest BCUT2D eigenvalue weighted by Gasteiger charge is -2.14. The van der Waals surface area contributed by atoms with Gasteiger partial charge in [0.2, 0.25) is 5.95 Å². The molecule has 0 fully saturated rings. The molecule has 0 aliphatic carbocycles. The van der Waals surface area contributed by atoms with Crippen LogP contribution in [0.5, 0.6) is 0 Å². The molecule has 0 amide bonds. The van der Waals surface area contributed by atoms with Crippen LogP contribution in [0.25, 0.3) is 17.1 Å². The molecule has 9 heteroatoms. The van der Waals surface area contributed by atoms with E-state index in [0.29, 0.717) is 22.7 Å². The topological polar surface area (TPSA) is 79.6 Å². The summed E-state index contributed by atoms with van der Waals surface area (Å²) in [5.74, 6) is 0.110. The van der Waals surface area contributed by atoms with Crippen molar-refractivity contribution in [2.75, 3.05) is 0 Å². The minimum absolute atomic E-state index is 0.0419. The van der Waals surface area contributed by atoms with Crippen LogP contribution in [-0.2, 0) is 13.6 Å². The van der Waals surface area contributed by atoms with E-state index in [4.69, 9.17) is 0 Å². The second-order valence-electron chi connectivity index (χ2n) is 7.75. The first-order valence-corrected chi connectivity index (χ1v) is 9.69. The minimum atomic E-state index is -0.481. The lowest BCUT2D eigenvalue weighted by atomic mass is 10.2. The van der Waals surface area contributed by atoms with Crippen LogP contribution in [0.3, 0.4) is 0 Å². The number of rotatable bonds is 4. The Bertz CT molecular complexity index is 1370. The number of benzene rings is 1. The molecule has 0 N–H and O–H groups in total. The predicted molar refractivity (Wildman–Crippen MR) is 112 cm³/mol. The van der Waals surface area contributed by atoms with Gasteiger partial charge in [0.15, 0.2) is 11.2 Å². The maximum absolute atomic E-state index is 13.4. The summed E-state index contributed by atoms with van der Waals surface area (Å²) in [6.45, 7) is 7.74. The molecule has 0 radical (unpaired) electrons. The summed E-state index contributed by atoms with van der Waals surface area (Å²) in [7, 11) is 1.59. The third kappa shape index (κ3) is 3.06. The first kappa shape index (κ1) is 19.8. The molecule has 0 saturated carbocycles. The van der Waals surface area contributed by atoms with E-state index in [1.54, 1.807) is 28.4 Å². The van der Waals surface area contributed by atoms with Gasteiger partial charge in [-0.05, 0) is 51.5 Å². The smallest absolute Gasteiger partial charge is 0.300 e. The molecule has 0 aliphatic heterocycles. The summed E-state index contributed by atoms with van der Waals surface area (Å²) in [6.07, 6.45) is 0. The Morgan fingerprint density at radius 2 is 1.77 bits per heavy atom. The summed E-state index contributed by atoms with van der Waals surface area (Å²) in [5.41, 5.74) is 2.08. The molecule has 4 aromatic rings. The van der Waals surface area contributed by atoms with Crippen molar-refractivity contribution >= 4 is 11.2 Å². The van der Waals surface area contributed by atoms with E-state index >= 15 is 0 Å². The van der Waals surface area contributed by atoms with Crippen molar-refractivity contribution in [3.8, 4) is 5.95 Å². The number of aryl methyl sites for hydroxylation is 3. The SMILES string of the molecule is Cc1cc(C)n(-c2nc3c(c(=O)n(Cc4ccc(F)cc4)c(=O)n3C)n2C(C)C)n1. The molecule has 0 aliphatic rings. The number of nitrogens with zero attached hydrogens (tertiary/aromatic N) is 6. The van der Waals surface area contributed by atoms with E-state index in [0.717, 1.165) is 16.0 Å². The first-order chi connectivity index (χ1) is 14.2. The third-order valence-corrected chi connectivity index (χ3v) is 5.13. The maximum atomic E-state index is 13.4. The van der Waals surface area contributed by atoms with Gasteiger partial charge in [-0.3, -0.25) is 18.5 Å². The highest BCUT2D eigenvalue weighted by molar-refractivity contribution is 5.73. The van der Waals surface area contributed by atoms with E-state index in [9.17, 15) is 14.0 Å². The largest absolute Gasteiger partial charge is 0.332 e. The lowest BCUT2D eigenvalue weighted by Crippen LogP contribution is -2.40. The number of hydrogen-bond donors (Lipinski definition) is 0. The molecular formula is C21H23FN6O2. The number of aromatic nitrogens is 6. The van der Waals surface area contributed by atoms with E-state index in [2.05, 4.69) is 10.1 Å². The highest BCUT2D eigenvalue weighted by Gasteiger charge is 2.24. The molecule has 0 unspecified atom stereocenters. The van der Waals surface area contributed by atoms with Crippen LogP contribution in [0, 0.1) is 19.7 Å². The first-order valence-electron chi connectivity index (χ1n) is 9.69. The molecule has 3 aromatic heterocycles. The normalized spacial score (nSPS) is 11.7. The van der Waals surface area contributed by atoms with Gasteiger partial charge in [-0.15, -0.1) is 0 Å². The number of halogens is 1. The monoisotopic (exact) mass is 410 g/mol. The quantitative estimate of drug-likeness (QED) is 0.518. The van der Waals surface area contributed by atoms with Gasteiger partial charge < -0.3 is 0 Å². The fourth-order valence-corrected chi connectivity index (χ4v) is 3.71. The summed E-state index contributed by atoms with van der Waals surface area (Å²) in [6, 6.07) is 7.57. The Balaban J connectivity index is 2.02. The molecule has 30 heavy (non-hydrogen) atoms. The van der Waals surface area contributed by atoms with Crippen LogP contribution >= 0.6 is 0 Å². The van der Waals surface area contributed by atoms with Gasteiger partial charge in [-0.2, -0.15) is 10.1 Å². The zero-order chi connectivity index (χ0) is 21.7. The van der Waals surface area contributed by atoms with Crippen molar-refractivity contribution < 1.29 is 4.39 Å². The van der Waals surface area contributed by atoms with Crippen molar-refractivity contribution in [2.24, 2.45) is 7.05 Å². The van der Waals surface area contributed by atoms with E-state index in [-0.39, 0.29) is 18.4 Å². The van der Waals surface area contributed by atoms with Crippen LogP contribution in [0.1, 0.15) is 36.8 Å². The third-order valence-electron chi connectivity index (χ3n) is 5.13. The Hall–Kier alpha value is -3.49. The number of fused-ring (bicyclic) bond motifs is 1. The molecule has 0 spiro atoms. The van der Waals surface area contributed by atoms with Gasteiger partial charge in [0.25, 0.3) is 5.56 Å². The van der Waals surface area contributed by atoms with Gasteiger partial charge in [-0.1, -0.05) is 12.1 Å². The van der Waals surface area contributed by atoms with Crippen LogP contribution in [0.4, 0.5) is 4.39 Å². The van der Waals surface area contributed by atoms with Crippen LogP contribution in [-0.4, -0.2) is 28.5 Å². The van der Waals surface area contributed by atoms with Crippen LogP contribution < -0.4 is 11.2 Å². The number of imidazole rings is 1. The summed E-state index contributed by atoms with van der Waals surface area (Å²) < 4.78 is 19.3. The molecule has 0 saturated heterocycles. The van der Waals surface area contributed by atoms with Crippen LogP contribution in [0.15, 0.2) is 39.9 Å². The Labute approximate surface area is 171 Å².